The number of ether oxygens (including phenoxy) is 2. The second-order valence-electron chi connectivity index (χ2n) is 6.78. The smallest absolute Gasteiger partial charge is 0.343 e. The number of nitrogens with zero attached hydrogens (tertiary/aromatic N) is 1. The summed E-state index contributed by atoms with van der Waals surface area (Å²) in [4.78, 5) is 24.3. The lowest BCUT2D eigenvalue weighted by Gasteiger charge is -2.12. The van der Waals surface area contributed by atoms with E-state index in [1.807, 2.05) is 19.1 Å². The number of nitrogens with one attached hydrogen (secondary N) is 1. The second kappa shape index (κ2) is 10.4. The molecule has 0 radical (unpaired) electrons. The minimum atomic E-state index is -0.751. The second-order valence-corrected chi connectivity index (χ2v) is 7.21. The Hall–Kier alpha value is -3.64. The van der Waals surface area contributed by atoms with Crippen molar-refractivity contribution in [3.05, 3.63) is 94.5 Å². The number of esters is 1. The summed E-state index contributed by atoms with van der Waals surface area (Å²) >= 11 is 5.90. The van der Waals surface area contributed by atoms with E-state index in [4.69, 9.17) is 21.1 Å². The molecule has 0 aliphatic carbocycles. The summed E-state index contributed by atoms with van der Waals surface area (Å²) in [5.41, 5.74) is 4.69. The molecule has 158 valence electrons. The van der Waals surface area contributed by atoms with Crippen LogP contribution in [-0.2, 0) is 4.79 Å². The molecule has 0 saturated carbocycles. The van der Waals surface area contributed by atoms with E-state index < -0.39 is 18.0 Å². The van der Waals surface area contributed by atoms with Gasteiger partial charge >= 0.3 is 5.97 Å². The summed E-state index contributed by atoms with van der Waals surface area (Å²) in [6.45, 7) is 3.56. The molecule has 1 atom stereocenters. The van der Waals surface area contributed by atoms with E-state index in [0.29, 0.717) is 22.1 Å². The molecule has 0 spiro atoms. The average Bonchev–Trinajstić information content (AvgIpc) is 2.75. The highest BCUT2D eigenvalue weighted by Crippen LogP contribution is 2.18. The van der Waals surface area contributed by atoms with Gasteiger partial charge in [0.15, 0.2) is 6.10 Å². The van der Waals surface area contributed by atoms with Crippen LogP contribution in [0.2, 0.25) is 5.02 Å². The van der Waals surface area contributed by atoms with Crippen LogP contribution in [0.1, 0.15) is 28.4 Å². The quantitative estimate of drug-likeness (QED) is 0.250. The van der Waals surface area contributed by atoms with Gasteiger partial charge < -0.3 is 9.47 Å². The predicted octanol–water partition coefficient (Wildman–Crippen LogP) is 4.79. The maximum Gasteiger partial charge on any atom is 0.343 e. The highest BCUT2D eigenvalue weighted by atomic mass is 35.5. The van der Waals surface area contributed by atoms with Crippen molar-refractivity contribution in [2.24, 2.45) is 5.10 Å². The van der Waals surface area contributed by atoms with Crippen LogP contribution in [0, 0.1) is 6.92 Å². The van der Waals surface area contributed by atoms with Crippen molar-refractivity contribution in [2.45, 2.75) is 20.0 Å². The zero-order valence-electron chi connectivity index (χ0n) is 17.0. The molecule has 0 fully saturated rings. The summed E-state index contributed by atoms with van der Waals surface area (Å²) in [7, 11) is 0. The number of carbonyl (C=O) groups excluding carboxylic acids is 2. The number of rotatable bonds is 7. The molecule has 0 aromatic heterocycles. The van der Waals surface area contributed by atoms with Gasteiger partial charge in [-0.3, -0.25) is 4.79 Å². The van der Waals surface area contributed by atoms with Crippen molar-refractivity contribution < 1.29 is 19.1 Å². The lowest BCUT2D eigenvalue weighted by molar-refractivity contribution is -0.127. The van der Waals surface area contributed by atoms with Gasteiger partial charge in [0.1, 0.15) is 11.5 Å². The molecule has 0 saturated heterocycles. The lowest BCUT2D eigenvalue weighted by Crippen LogP contribution is -2.33. The molecule has 3 aromatic rings. The van der Waals surface area contributed by atoms with E-state index in [-0.39, 0.29) is 0 Å². The molecule has 0 aliphatic rings. The van der Waals surface area contributed by atoms with Crippen LogP contribution in [0.5, 0.6) is 11.5 Å². The van der Waals surface area contributed by atoms with Crippen LogP contribution in [0.25, 0.3) is 0 Å². The number of hydrazone groups is 1. The Kier molecular flexibility index (Phi) is 7.40. The maximum absolute atomic E-state index is 12.2. The van der Waals surface area contributed by atoms with E-state index in [0.717, 1.165) is 11.1 Å². The molecule has 3 aromatic carbocycles. The van der Waals surface area contributed by atoms with Gasteiger partial charge in [-0.25, -0.2) is 10.2 Å². The fraction of sp³-hybridized carbons (Fsp3) is 0.125. The van der Waals surface area contributed by atoms with Crippen LogP contribution in [0.15, 0.2) is 77.9 Å². The van der Waals surface area contributed by atoms with Crippen molar-refractivity contribution in [1.29, 1.82) is 0 Å². The summed E-state index contributed by atoms with van der Waals surface area (Å²) in [6, 6.07) is 20.7. The molecule has 7 heteroatoms. The van der Waals surface area contributed by atoms with Gasteiger partial charge in [0, 0.05) is 5.02 Å². The lowest BCUT2D eigenvalue weighted by atomic mass is 10.1. The number of amides is 1. The van der Waals surface area contributed by atoms with Gasteiger partial charge in [-0.15, -0.1) is 0 Å². The van der Waals surface area contributed by atoms with Gasteiger partial charge in [-0.2, -0.15) is 5.10 Å². The Morgan fingerprint density at radius 2 is 1.71 bits per heavy atom. The fourth-order valence-corrected chi connectivity index (χ4v) is 2.72. The van der Waals surface area contributed by atoms with Crippen molar-refractivity contribution in [3.63, 3.8) is 0 Å². The monoisotopic (exact) mass is 436 g/mol. The van der Waals surface area contributed by atoms with Crippen LogP contribution in [0.3, 0.4) is 0 Å². The summed E-state index contributed by atoms with van der Waals surface area (Å²) < 4.78 is 10.9. The van der Waals surface area contributed by atoms with Crippen LogP contribution in [0.4, 0.5) is 0 Å². The van der Waals surface area contributed by atoms with E-state index >= 15 is 0 Å². The number of halogens is 1. The van der Waals surface area contributed by atoms with Gasteiger partial charge in [0.05, 0.1) is 11.8 Å². The number of aryl methyl sites for hydroxylation is 1. The largest absolute Gasteiger partial charge is 0.481 e. The number of hydrogen-bond donors (Lipinski definition) is 1. The Bertz CT molecular complexity index is 1080. The van der Waals surface area contributed by atoms with Gasteiger partial charge in [-0.05, 0) is 74.0 Å². The number of benzene rings is 3. The van der Waals surface area contributed by atoms with Crippen molar-refractivity contribution >= 4 is 29.7 Å². The molecule has 6 nitrogen and oxygen atoms in total. The van der Waals surface area contributed by atoms with E-state index in [2.05, 4.69) is 10.5 Å². The zero-order chi connectivity index (χ0) is 22.2. The van der Waals surface area contributed by atoms with Crippen LogP contribution in [-0.4, -0.2) is 24.2 Å². The van der Waals surface area contributed by atoms with E-state index in [1.165, 1.54) is 6.21 Å². The van der Waals surface area contributed by atoms with Gasteiger partial charge in [0.25, 0.3) is 5.91 Å². The third-order valence-electron chi connectivity index (χ3n) is 4.24. The van der Waals surface area contributed by atoms with Crippen LogP contribution >= 0.6 is 11.6 Å². The predicted molar refractivity (Wildman–Crippen MR) is 120 cm³/mol. The summed E-state index contributed by atoms with van der Waals surface area (Å²) in [6.07, 6.45) is 0.731. The first-order valence-corrected chi connectivity index (χ1v) is 9.92. The number of carbonyl (C=O) groups is 2. The Balaban J connectivity index is 1.50. The molecule has 0 bridgehead atoms. The van der Waals surface area contributed by atoms with Crippen molar-refractivity contribution in [3.8, 4) is 11.5 Å². The molecule has 0 heterocycles. The Labute approximate surface area is 185 Å². The van der Waals surface area contributed by atoms with Crippen molar-refractivity contribution in [1.82, 2.24) is 5.43 Å². The molecule has 31 heavy (non-hydrogen) atoms. The first-order chi connectivity index (χ1) is 14.9. The van der Waals surface area contributed by atoms with E-state index in [1.54, 1.807) is 67.6 Å². The standard InChI is InChI=1S/C24H21ClN2O4/c1-16-6-10-19(11-7-16)24(29)31-21-12-8-18(9-13-21)15-26-27-23(28)17(2)30-22-5-3-4-20(25)14-22/h3-15,17H,1-2H3,(H,27,28)/b26-15+. The highest BCUT2D eigenvalue weighted by molar-refractivity contribution is 6.30. The Morgan fingerprint density at radius 3 is 2.39 bits per heavy atom. The topological polar surface area (TPSA) is 77.0 Å². The SMILES string of the molecule is Cc1ccc(C(=O)Oc2ccc(/C=N/NC(=O)C(C)Oc3cccc(Cl)c3)cc2)cc1. The molecular weight excluding hydrogens is 416 g/mol. The highest BCUT2D eigenvalue weighted by Gasteiger charge is 2.14. The third-order valence-corrected chi connectivity index (χ3v) is 4.48. The van der Waals surface area contributed by atoms with Crippen LogP contribution < -0.4 is 14.9 Å². The van der Waals surface area contributed by atoms with E-state index in [9.17, 15) is 9.59 Å². The number of hydrogen-bond acceptors (Lipinski definition) is 5. The summed E-state index contributed by atoms with van der Waals surface area (Å²) in [5, 5.41) is 4.45. The maximum atomic E-state index is 12.2. The minimum Gasteiger partial charge on any atom is -0.481 e. The normalized spacial score (nSPS) is 11.7. The molecule has 1 N–H and O–H groups in total. The first kappa shape index (κ1) is 22.1. The molecule has 1 unspecified atom stereocenters. The molecule has 1 amide bonds. The molecule has 0 aliphatic heterocycles. The van der Waals surface area contributed by atoms with Gasteiger partial charge in [-0.1, -0.05) is 35.4 Å². The van der Waals surface area contributed by atoms with Gasteiger partial charge in [0.2, 0.25) is 0 Å². The molecular formula is C24H21ClN2O4. The zero-order valence-corrected chi connectivity index (χ0v) is 17.8. The minimum absolute atomic E-state index is 0.403. The summed E-state index contributed by atoms with van der Waals surface area (Å²) in [5.74, 6) is 0.0763. The third kappa shape index (κ3) is 6.69. The van der Waals surface area contributed by atoms with Crippen molar-refractivity contribution in [2.75, 3.05) is 0 Å². The fourth-order valence-electron chi connectivity index (χ4n) is 2.54. The Morgan fingerprint density at radius 1 is 1.00 bits per heavy atom. The molecule has 3 rings (SSSR count). The first-order valence-electron chi connectivity index (χ1n) is 9.55. The average molecular weight is 437 g/mol.